The van der Waals surface area contributed by atoms with Crippen molar-refractivity contribution in [2.45, 2.75) is 5.75 Å². The highest BCUT2D eigenvalue weighted by Crippen LogP contribution is 2.07. The van der Waals surface area contributed by atoms with E-state index < -0.39 is 10.0 Å². The van der Waals surface area contributed by atoms with Crippen LogP contribution >= 0.6 is 0 Å². The van der Waals surface area contributed by atoms with E-state index in [1.165, 1.54) is 7.05 Å². The number of benzene rings is 1. The molecule has 0 heterocycles. The van der Waals surface area contributed by atoms with Crippen LogP contribution in [0.2, 0.25) is 0 Å². The van der Waals surface area contributed by atoms with Gasteiger partial charge in [-0.15, -0.1) is 0 Å². The third kappa shape index (κ3) is 2.51. The van der Waals surface area contributed by atoms with E-state index in [1.54, 1.807) is 24.3 Å². The molecule has 0 aliphatic rings. The quantitative estimate of drug-likeness (QED) is 0.551. The van der Waals surface area contributed by atoms with Gasteiger partial charge in [0.05, 0.1) is 5.75 Å². The number of sulfonamides is 1. The molecule has 0 spiro atoms. The summed E-state index contributed by atoms with van der Waals surface area (Å²) in [6.45, 7) is 0. The van der Waals surface area contributed by atoms with Crippen LogP contribution in [0.15, 0.2) is 30.3 Å². The van der Waals surface area contributed by atoms with Gasteiger partial charge in [0.1, 0.15) is 0 Å². The fraction of sp³-hybridized carbons (Fsp3) is 0.200. The minimum absolute atomic E-state index is 0.0610. The summed E-state index contributed by atoms with van der Waals surface area (Å²) in [5, 5.41) is 0. The Morgan fingerprint density at radius 3 is 2.43 bits per heavy atom. The Morgan fingerprint density at radius 2 is 1.93 bits per heavy atom. The Balaban J connectivity index is 2.86. The smallest absolute Gasteiger partial charge is 0.232 e. The van der Waals surface area contributed by atoms with Crippen molar-refractivity contribution in [1.29, 1.82) is 0 Å². The number of hydrogen-bond acceptors (Lipinski definition) is 2. The van der Waals surface area contributed by atoms with Crippen LogP contribution in [0.3, 0.4) is 0 Å². The van der Waals surface area contributed by atoms with Gasteiger partial charge in [-0.3, -0.25) is 0 Å². The van der Waals surface area contributed by atoms with Crippen LogP contribution in [0.25, 0.3) is 0 Å². The molecule has 14 heavy (non-hydrogen) atoms. The van der Waals surface area contributed by atoms with Crippen LogP contribution in [-0.2, 0) is 15.8 Å². The highest BCUT2D eigenvalue weighted by atomic mass is 32.2. The number of rotatable bonds is 3. The molecule has 4 heteroatoms. The molecule has 0 amide bonds. The van der Waals surface area contributed by atoms with Crippen LogP contribution in [0.4, 0.5) is 0 Å². The maximum Gasteiger partial charge on any atom is 0.245 e. The summed E-state index contributed by atoms with van der Waals surface area (Å²) < 4.78 is 23.9. The average molecular weight is 209 g/mol. The summed E-state index contributed by atoms with van der Waals surface area (Å²) in [6, 6.07) is 11.0. The second-order valence-electron chi connectivity index (χ2n) is 2.84. The van der Waals surface area contributed by atoms with Gasteiger partial charge in [-0.25, -0.2) is 12.7 Å². The molecule has 0 radical (unpaired) electrons. The normalized spacial score (nSPS) is 10.6. The third-order valence-electron chi connectivity index (χ3n) is 1.79. The molecule has 0 atom stereocenters. The van der Waals surface area contributed by atoms with E-state index in [9.17, 15) is 8.42 Å². The van der Waals surface area contributed by atoms with Crippen molar-refractivity contribution in [1.82, 2.24) is 4.31 Å². The lowest BCUT2D eigenvalue weighted by molar-refractivity contribution is 0.546. The lowest BCUT2D eigenvalue weighted by Crippen LogP contribution is -2.23. The van der Waals surface area contributed by atoms with Crippen molar-refractivity contribution >= 4 is 10.0 Å². The van der Waals surface area contributed by atoms with Crippen molar-refractivity contribution < 1.29 is 8.42 Å². The summed E-state index contributed by atoms with van der Waals surface area (Å²) in [7, 11) is -2.01. The molecule has 3 nitrogen and oxygen atoms in total. The fourth-order valence-electron chi connectivity index (χ4n) is 0.962. The molecule has 1 aromatic rings. The van der Waals surface area contributed by atoms with Gasteiger partial charge in [0.15, 0.2) is 0 Å². The van der Waals surface area contributed by atoms with Crippen molar-refractivity contribution in [3.63, 3.8) is 0 Å². The minimum atomic E-state index is -3.37. The zero-order valence-corrected chi connectivity index (χ0v) is 8.66. The van der Waals surface area contributed by atoms with E-state index in [2.05, 4.69) is 6.04 Å². The van der Waals surface area contributed by atoms with Gasteiger partial charge in [-0.2, -0.15) is 0 Å². The molecule has 0 bridgehead atoms. The standard InChI is InChI=1S/C10H11NO2S/c1-3-11(2)14(12,13)9-10-7-5-4-6-8-10/h1,4-8H,9H2,2H3. The molecule has 1 aromatic carbocycles. The molecule has 0 saturated heterocycles. The summed E-state index contributed by atoms with van der Waals surface area (Å²) in [4.78, 5) is 0. The summed E-state index contributed by atoms with van der Waals surface area (Å²) in [5.74, 6) is -0.0610. The van der Waals surface area contributed by atoms with Crippen molar-refractivity contribution in [2.24, 2.45) is 0 Å². The molecule has 1 rings (SSSR count). The molecular weight excluding hydrogens is 198 g/mol. The number of nitrogens with zero attached hydrogens (tertiary/aromatic N) is 1. The van der Waals surface area contributed by atoms with Crippen LogP contribution in [0, 0.1) is 12.5 Å². The van der Waals surface area contributed by atoms with Crippen LogP contribution < -0.4 is 0 Å². The van der Waals surface area contributed by atoms with Crippen molar-refractivity contribution in [3.05, 3.63) is 35.9 Å². The average Bonchev–Trinajstić information content (AvgIpc) is 2.17. The van der Waals surface area contributed by atoms with Gasteiger partial charge < -0.3 is 0 Å². The monoisotopic (exact) mass is 209 g/mol. The summed E-state index contributed by atoms with van der Waals surface area (Å²) >= 11 is 0. The first-order valence-corrected chi connectivity index (χ1v) is 5.64. The number of terminal acetylenes is 1. The Labute approximate surface area is 84.4 Å². The second-order valence-corrected chi connectivity index (χ2v) is 4.84. The molecule has 0 fully saturated rings. The molecule has 0 aliphatic heterocycles. The van der Waals surface area contributed by atoms with Gasteiger partial charge in [-0.05, 0) is 5.56 Å². The molecule has 0 unspecified atom stereocenters. The van der Waals surface area contributed by atoms with E-state index in [-0.39, 0.29) is 5.75 Å². The number of hydrogen-bond donors (Lipinski definition) is 0. The predicted molar refractivity (Wildman–Crippen MR) is 55.7 cm³/mol. The van der Waals surface area contributed by atoms with Crippen LogP contribution in [-0.4, -0.2) is 19.8 Å². The Hall–Kier alpha value is -1.47. The van der Waals surface area contributed by atoms with Gasteiger partial charge in [0, 0.05) is 13.1 Å². The van der Waals surface area contributed by atoms with Gasteiger partial charge in [-0.1, -0.05) is 36.8 Å². The fourth-order valence-corrected chi connectivity index (χ4v) is 1.93. The maximum atomic E-state index is 11.5. The van der Waals surface area contributed by atoms with E-state index in [4.69, 9.17) is 6.42 Å². The summed E-state index contributed by atoms with van der Waals surface area (Å²) in [5.41, 5.74) is 0.731. The van der Waals surface area contributed by atoms with Gasteiger partial charge in [0.25, 0.3) is 0 Å². The first-order valence-electron chi connectivity index (χ1n) is 4.03. The highest BCUT2D eigenvalue weighted by Gasteiger charge is 2.14. The maximum absolute atomic E-state index is 11.5. The molecule has 0 aromatic heterocycles. The highest BCUT2D eigenvalue weighted by molar-refractivity contribution is 7.88. The lowest BCUT2D eigenvalue weighted by Gasteiger charge is -2.11. The largest absolute Gasteiger partial charge is 0.245 e. The lowest BCUT2D eigenvalue weighted by atomic mass is 10.2. The Morgan fingerprint density at radius 1 is 1.36 bits per heavy atom. The molecular formula is C10H11NO2S. The first kappa shape index (κ1) is 10.6. The zero-order chi connectivity index (χ0) is 10.6. The third-order valence-corrected chi connectivity index (χ3v) is 3.43. The van der Waals surface area contributed by atoms with Crippen LogP contribution in [0.5, 0.6) is 0 Å². The Bertz CT molecular complexity index is 431. The molecule has 74 valence electrons. The SMILES string of the molecule is C#CN(C)S(=O)(=O)Cc1ccccc1. The summed E-state index contributed by atoms with van der Waals surface area (Å²) in [6.07, 6.45) is 5.01. The zero-order valence-electron chi connectivity index (χ0n) is 7.84. The van der Waals surface area contributed by atoms with Crippen LogP contribution in [0.1, 0.15) is 5.56 Å². The first-order chi connectivity index (χ1) is 6.56. The second kappa shape index (κ2) is 4.16. The molecule has 0 aliphatic carbocycles. The van der Waals surface area contributed by atoms with E-state index in [0.29, 0.717) is 0 Å². The predicted octanol–water partition coefficient (Wildman–Crippen LogP) is 1.04. The topological polar surface area (TPSA) is 37.4 Å². The minimum Gasteiger partial charge on any atom is -0.232 e. The molecule has 0 saturated carbocycles. The van der Waals surface area contributed by atoms with Gasteiger partial charge in [0.2, 0.25) is 10.0 Å². The van der Waals surface area contributed by atoms with Crippen molar-refractivity contribution in [3.8, 4) is 12.5 Å². The van der Waals surface area contributed by atoms with Crippen molar-refractivity contribution in [2.75, 3.05) is 7.05 Å². The Kier molecular flexibility index (Phi) is 3.15. The van der Waals surface area contributed by atoms with E-state index >= 15 is 0 Å². The van der Waals surface area contributed by atoms with Gasteiger partial charge >= 0.3 is 0 Å². The van der Waals surface area contributed by atoms with E-state index in [1.807, 2.05) is 6.07 Å². The van der Waals surface area contributed by atoms with E-state index in [0.717, 1.165) is 9.87 Å². The molecule has 0 N–H and O–H groups in total.